The molecule has 0 radical (unpaired) electrons. The SMILES string of the molecule is CN1CCN(Cc2cc(N3CCCC3)cc(C(F)(F)F)c2)CC1. The van der Waals surface area contributed by atoms with Crippen LogP contribution in [-0.2, 0) is 12.7 Å². The van der Waals surface area contributed by atoms with Crippen molar-refractivity contribution in [1.29, 1.82) is 0 Å². The zero-order valence-electron chi connectivity index (χ0n) is 13.6. The molecule has 2 aliphatic heterocycles. The van der Waals surface area contributed by atoms with Gasteiger partial charge in [0.05, 0.1) is 5.56 Å². The summed E-state index contributed by atoms with van der Waals surface area (Å²) >= 11 is 0. The lowest BCUT2D eigenvalue weighted by Crippen LogP contribution is -2.43. The van der Waals surface area contributed by atoms with Crippen molar-refractivity contribution in [2.24, 2.45) is 0 Å². The highest BCUT2D eigenvalue weighted by atomic mass is 19.4. The predicted molar refractivity (Wildman–Crippen MR) is 85.7 cm³/mol. The molecule has 1 aromatic carbocycles. The van der Waals surface area contributed by atoms with Crippen molar-refractivity contribution in [2.45, 2.75) is 25.6 Å². The zero-order valence-corrected chi connectivity index (χ0v) is 13.6. The lowest BCUT2D eigenvalue weighted by Gasteiger charge is -2.32. The Hall–Kier alpha value is -1.27. The second-order valence-corrected chi connectivity index (χ2v) is 6.66. The summed E-state index contributed by atoms with van der Waals surface area (Å²) in [5, 5.41) is 0. The van der Waals surface area contributed by atoms with Gasteiger partial charge in [-0.2, -0.15) is 13.2 Å². The Balaban J connectivity index is 1.81. The number of likely N-dealkylation sites (N-methyl/N-ethyl adjacent to an activating group) is 1. The number of rotatable bonds is 3. The third kappa shape index (κ3) is 4.18. The van der Waals surface area contributed by atoms with Crippen molar-refractivity contribution < 1.29 is 13.2 Å². The molecule has 3 nitrogen and oxygen atoms in total. The Labute approximate surface area is 135 Å². The average Bonchev–Trinajstić information content (AvgIpc) is 3.03. The molecule has 128 valence electrons. The monoisotopic (exact) mass is 327 g/mol. The van der Waals surface area contributed by atoms with Crippen LogP contribution >= 0.6 is 0 Å². The normalized spacial score (nSPS) is 21.1. The fraction of sp³-hybridized carbons (Fsp3) is 0.647. The molecule has 23 heavy (non-hydrogen) atoms. The Bertz CT molecular complexity index is 530. The average molecular weight is 327 g/mol. The van der Waals surface area contributed by atoms with Crippen LogP contribution in [0.5, 0.6) is 0 Å². The highest BCUT2D eigenvalue weighted by Crippen LogP contribution is 2.34. The molecule has 2 saturated heterocycles. The minimum absolute atomic E-state index is 0.522. The maximum absolute atomic E-state index is 13.2. The Morgan fingerprint density at radius 1 is 0.913 bits per heavy atom. The Morgan fingerprint density at radius 2 is 1.57 bits per heavy atom. The zero-order chi connectivity index (χ0) is 16.4. The van der Waals surface area contributed by atoms with Gasteiger partial charge < -0.3 is 9.80 Å². The van der Waals surface area contributed by atoms with E-state index in [2.05, 4.69) is 21.7 Å². The highest BCUT2D eigenvalue weighted by molar-refractivity contribution is 5.52. The third-order valence-electron chi connectivity index (χ3n) is 4.78. The summed E-state index contributed by atoms with van der Waals surface area (Å²) in [6, 6.07) is 4.57. The van der Waals surface area contributed by atoms with Crippen LogP contribution in [0.2, 0.25) is 0 Å². The van der Waals surface area contributed by atoms with Crippen LogP contribution in [0.4, 0.5) is 18.9 Å². The van der Waals surface area contributed by atoms with Crippen LogP contribution in [-0.4, -0.2) is 56.1 Å². The molecule has 2 heterocycles. The van der Waals surface area contributed by atoms with Gasteiger partial charge >= 0.3 is 6.18 Å². The van der Waals surface area contributed by atoms with E-state index in [1.165, 1.54) is 12.1 Å². The molecule has 0 saturated carbocycles. The first kappa shape index (κ1) is 16.6. The van der Waals surface area contributed by atoms with Gasteiger partial charge in [-0.1, -0.05) is 0 Å². The number of anilines is 1. The molecule has 0 bridgehead atoms. The molecule has 0 amide bonds. The van der Waals surface area contributed by atoms with Crippen LogP contribution in [0.15, 0.2) is 18.2 Å². The summed E-state index contributed by atoms with van der Waals surface area (Å²) in [6.07, 6.45) is -2.17. The van der Waals surface area contributed by atoms with E-state index in [4.69, 9.17) is 0 Å². The van der Waals surface area contributed by atoms with E-state index < -0.39 is 11.7 Å². The quantitative estimate of drug-likeness (QED) is 0.845. The topological polar surface area (TPSA) is 9.72 Å². The van der Waals surface area contributed by atoms with E-state index in [1.54, 1.807) is 0 Å². The van der Waals surface area contributed by atoms with Crippen LogP contribution < -0.4 is 4.90 Å². The van der Waals surface area contributed by atoms with Gasteiger partial charge in [-0.05, 0) is 43.7 Å². The van der Waals surface area contributed by atoms with Crippen molar-refractivity contribution in [3.63, 3.8) is 0 Å². The number of benzene rings is 1. The molecule has 0 unspecified atom stereocenters. The third-order valence-corrected chi connectivity index (χ3v) is 4.78. The van der Waals surface area contributed by atoms with Crippen LogP contribution in [0, 0.1) is 0 Å². The van der Waals surface area contributed by atoms with E-state index in [0.29, 0.717) is 6.54 Å². The van der Waals surface area contributed by atoms with Crippen LogP contribution in [0.25, 0.3) is 0 Å². The summed E-state index contributed by atoms with van der Waals surface area (Å²) < 4.78 is 39.7. The van der Waals surface area contributed by atoms with Gasteiger partial charge in [0.25, 0.3) is 0 Å². The second-order valence-electron chi connectivity index (χ2n) is 6.66. The van der Waals surface area contributed by atoms with E-state index >= 15 is 0 Å². The van der Waals surface area contributed by atoms with Crippen molar-refractivity contribution in [3.8, 4) is 0 Å². The molecule has 0 aliphatic carbocycles. The van der Waals surface area contributed by atoms with Crippen molar-refractivity contribution >= 4 is 5.69 Å². The van der Waals surface area contributed by atoms with Crippen LogP contribution in [0.1, 0.15) is 24.0 Å². The highest BCUT2D eigenvalue weighted by Gasteiger charge is 2.32. The fourth-order valence-electron chi connectivity index (χ4n) is 3.35. The molecule has 1 aromatic rings. The van der Waals surface area contributed by atoms with Gasteiger partial charge in [0.15, 0.2) is 0 Å². The summed E-state index contributed by atoms with van der Waals surface area (Å²) in [5.41, 5.74) is 0.971. The molecule has 6 heteroatoms. The standard InChI is InChI=1S/C17H24F3N3/c1-21-6-8-22(9-7-21)13-14-10-15(17(18,19)20)12-16(11-14)23-4-2-3-5-23/h10-12H,2-9,13H2,1H3. The van der Waals surface area contributed by atoms with Gasteiger partial charge in [0.1, 0.15) is 0 Å². The first-order valence-electron chi connectivity index (χ1n) is 8.29. The maximum Gasteiger partial charge on any atom is 0.416 e. The van der Waals surface area contributed by atoms with Gasteiger partial charge in [-0.3, -0.25) is 4.90 Å². The lowest BCUT2D eigenvalue weighted by atomic mass is 10.1. The van der Waals surface area contributed by atoms with Crippen molar-refractivity contribution in [2.75, 3.05) is 51.2 Å². The molecule has 0 N–H and O–H groups in total. The maximum atomic E-state index is 13.2. The van der Waals surface area contributed by atoms with E-state index in [1.807, 2.05) is 6.07 Å². The van der Waals surface area contributed by atoms with Crippen molar-refractivity contribution in [1.82, 2.24) is 9.80 Å². The van der Waals surface area contributed by atoms with Gasteiger partial charge in [0, 0.05) is 51.5 Å². The number of hydrogen-bond donors (Lipinski definition) is 0. The minimum Gasteiger partial charge on any atom is -0.372 e. The largest absolute Gasteiger partial charge is 0.416 e. The summed E-state index contributed by atoms with van der Waals surface area (Å²) in [6.45, 7) is 6.07. The number of hydrogen-bond acceptors (Lipinski definition) is 3. The lowest BCUT2D eigenvalue weighted by molar-refractivity contribution is -0.137. The summed E-state index contributed by atoms with van der Waals surface area (Å²) in [5.74, 6) is 0. The first-order chi connectivity index (χ1) is 10.9. The Morgan fingerprint density at radius 3 is 2.17 bits per heavy atom. The van der Waals surface area contributed by atoms with E-state index in [0.717, 1.165) is 63.4 Å². The Kier molecular flexibility index (Phi) is 4.82. The first-order valence-corrected chi connectivity index (χ1v) is 8.29. The van der Waals surface area contributed by atoms with Crippen LogP contribution in [0.3, 0.4) is 0 Å². The van der Waals surface area contributed by atoms with Gasteiger partial charge in [0.2, 0.25) is 0 Å². The summed E-state index contributed by atoms with van der Waals surface area (Å²) in [4.78, 5) is 6.56. The number of alkyl halides is 3. The van der Waals surface area contributed by atoms with E-state index in [9.17, 15) is 13.2 Å². The number of nitrogens with zero attached hydrogens (tertiary/aromatic N) is 3. The fourth-order valence-corrected chi connectivity index (χ4v) is 3.35. The molecule has 0 atom stereocenters. The minimum atomic E-state index is -4.29. The molecular weight excluding hydrogens is 303 g/mol. The smallest absolute Gasteiger partial charge is 0.372 e. The molecule has 0 spiro atoms. The van der Waals surface area contributed by atoms with Gasteiger partial charge in [-0.25, -0.2) is 0 Å². The number of piperazine rings is 1. The number of halogens is 3. The molecule has 3 rings (SSSR count). The molecular formula is C17H24F3N3. The van der Waals surface area contributed by atoms with Crippen molar-refractivity contribution in [3.05, 3.63) is 29.3 Å². The van der Waals surface area contributed by atoms with Gasteiger partial charge in [-0.15, -0.1) is 0 Å². The summed E-state index contributed by atoms with van der Waals surface area (Å²) in [7, 11) is 2.08. The second kappa shape index (κ2) is 6.69. The molecule has 2 aliphatic rings. The van der Waals surface area contributed by atoms with E-state index in [-0.39, 0.29) is 0 Å². The predicted octanol–water partition coefficient (Wildman–Crippen LogP) is 3.05. The molecule has 0 aromatic heterocycles. The molecule has 2 fully saturated rings.